The molecule has 0 unspecified atom stereocenters. The minimum absolute atomic E-state index is 0.144. The zero-order valence-corrected chi connectivity index (χ0v) is 13.3. The number of aromatic amines is 1. The second kappa shape index (κ2) is 7.21. The molecule has 1 amide bonds. The summed E-state index contributed by atoms with van der Waals surface area (Å²) >= 11 is 0. The molecule has 0 aliphatic carbocycles. The fourth-order valence-corrected chi connectivity index (χ4v) is 2.19. The van der Waals surface area contributed by atoms with Crippen molar-refractivity contribution in [3.8, 4) is 5.75 Å². The van der Waals surface area contributed by atoms with Crippen LogP contribution in [0.5, 0.6) is 5.75 Å². The highest BCUT2D eigenvalue weighted by molar-refractivity contribution is 5.77. The van der Waals surface area contributed by atoms with E-state index in [2.05, 4.69) is 10.2 Å². The van der Waals surface area contributed by atoms with E-state index in [4.69, 9.17) is 4.74 Å². The van der Waals surface area contributed by atoms with E-state index in [1.807, 2.05) is 13.8 Å². The molecule has 0 radical (unpaired) electrons. The molecule has 0 atom stereocenters. The van der Waals surface area contributed by atoms with Gasteiger partial charge in [-0.15, -0.1) is 0 Å². The molecular weight excluding hydrogens is 304 g/mol. The second-order valence-electron chi connectivity index (χ2n) is 5.34. The first-order valence-corrected chi connectivity index (χ1v) is 7.20. The summed E-state index contributed by atoms with van der Waals surface area (Å²) < 4.78 is 31.3. The molecule has 1 aromatic heterocycles. The monoisotopic (exact) mass is 323 g/mol. The van der Waals surface area contributed by atoms with E-state index >= 15 is 0 Å². The third-order valence-corrected chi connectivity index (χ3v) is 3.65. The van der Waals surface area contributed by atoms with E-state index in [9.17, 15) is 13.6 Å². The van der Waals surface area contributed by atoms with Gasteiger partial charge in [0.25, 0.3) is 5.91 Å². The van der Waals surface area contributed by atoms with Crippen LogP contribution in [-0.4, -0.2) is 41.2 Å². The number of aromatic nitrogens is 2. The first-order valence-electron chi connectivity index (χ1n) is 7.20. The number of halogens is 2. The number of hydrogen-bond donors (Lipinski definition) is 1. The van der Waals surface area contributed by atoms with Crippen molar-refractivity contribution >= 4 is 5.91 Å². The number of hydrogen-bond acceptors (Lipinski definition) is 3. The third-order valence-electron chi connectivity index (χ3n) is 3.65. The van der Waals surface area contributed by atoms with E-state index in [1.165, 1.54) is 4.90 Å². The molecular formula is C16H19F2N3O2. The molecule has 1 aromatic carbocycles. The van der Waals surface area contributed by atoms with Crippen LogP contribution in [0.3, 0.4) is 0 Å². The van der Waals surface area contributed by atoms with Gasteiger partial charge in [-0.3, -0.25) is 9.89 Å². The van der Waals surface area contributed by atoms with Gasteiger partial charge in [0.15, 0.2) is 18.2 Å². The van der Waals surface area contributed by atoms with Crippen LogP contribution in [0.25, 0.3) is 0 Å². The summed E-state index contributed by atoms with van der Waals surface area (Å²) in [5, 5.41) is 7.00. The predicted octanol–water partition coefficient (Wildman–Crippen LogP) is 2.38. The maximum absolute atomic E-state index is 13.4. The lowest BCUT2D eigenvalue weighted by Crippen LogP contribution is -2.33. The number of benzene rings is 1. The second-order valence-corrected chi connectivity index (χ2v) is 5.34. The Morgan fingerprint density at radius 1 is 1.35 bits per heavy atom. The van der Waals surface area contributed by atoms with E-state index in [1.54, 1.807) is 7.05 Å². The topological polar surface area (TPSA) is 58.2 Å². The lowest BCUT2D eigenvalue weighted by Gasteiger charge is -2.17. The smallest absolute Gasteiger partial charge is 0.260 e. The predicted molar refractivity (Wildman–Crippen MR) is 81.3 cm³/mol. The Morgan fingerprint density at radius 3 is 2.70 bits per heavy atom. The maximum Gasteiger partial charge on any atom is 0.260 e. The standard InChI is InChI=1S/C16H19F2N3O2/c1-10-13(11(2)20-19-10)6-7-21(3)16(22)9-23-15-5-4-12(17)8-14(15)18/h4-5,8H,6-7,9H2,1-3H3,(H,19,20). The van der Waals surface area contributed by atoms with Crippen molar-refractivity contribution in [1.82, 2.24) is 15.1 Å². The number of nitrogens with zero attached hydrogens (tertiary/aromatic N) is 2. The molecule has 1 heterocycles. The highest BCUT2D eigenvalue weighted by Gasteiger charge is 2.14. The Morgan fingerprint density at radius 2 is 2.09 bits per heavy atom. The summed E-state index contributed by atoms with van der Waals surface area (Å²) in [7, 11) is 1.65. The SMILES string of the molecule is Cc1n[nH]c(C)c1CCN(C)C(=O)COc1ccc(F)cc1F. The van der Waals surface area contributed by atoms with E-state index < -0.39 is 11.6 Å². The molecule has 2 aromatic rings. The number of rotatable bonds is 6. The van der Waals surface area contributed by atoms with Gasteiger partial charge < -0.3 is 9.64 Å². The van der Waals surface area contributed by atoms with E-state index in [-0.39, 0.29) is 18.3 Å². The van der Waals surface area contributed by atoms with Crippen LogP contribution in [-0.2, 0) is 11.2 Å². The van der Waals surface area contributed by atoms with Crippen LogP contribution >= 0.6 is 0 Å². The summed E-state index contributed by atoms with van der Waals surface area (Å²) in [6.45, 7) is 4.02. The van der Waals surface area contributed by atoms with Gasteiger partial charge in [0, 0.05) is 25.4 Å². The van der Waals surface area contributed by atoms with Gasteiger partial charge in [0.05, 0.1) is 5.69 Å². The largest absolute Gasteiger partial charge is 0.481 e. The number of amides is 1. The molecule has 124 valence electrons. The van der Waals surface area contributed by atoms with Gasteiger partial charge in [-0.1, -0.05) is 0 Å². The highest BCUT2D eigenvalue weighted by atomic mass is 19.1. The Kier molecular flexibility index (Phi) is 5.31. The summed E-state index contributed by atoms with van der Waals surface area (Å²) in [5.41, 5.74) is 2.97. The van der Waals surface area contributed by atoms with Gasteiger partial charge >= 0.3 is 0 Å². The molecule has 0 bridgehead atoms. The van der Waals surface area contributed by atoms with Gasteiger partial charge in [0.1, 0.15) is 5.82 Å². The van der Waals surface area contributed by atoms with Crippen molar-refractivity contribution in [2.24, 2.45) is 0 Å². The summed E-state index contributed by atoms with van der Waals surface area (Å²) in [4.78, 5) is 13.5. The Bertz CT molecular complexity index is 681. The molecule has 0 fully saturated rings. The van der Waals surface area contributed by atoms with Gasteiger partial charge in [0.2, 0.25) is 0 Å². The van der Waals surface area contributed by atoms with E-state index in [0.29, 0.717) is 19.0 Å². The summed E-state index contributed by atoms with van der Waals surface area (Å²) in [6, 6.07) is 2.96. The van der Waals surface area contributed by atoms with Crippen LogP contribution in [0, 0.1) is 25.5 Å². The normalized spacial score (nSPS) is 10.7. The number of likely N-dealkylation sites (N-methyl/N-ethyl adjacent to an activating group) is 1. The molecule has 1 N–H and O–H groups in total. The minimum atomic E-state index is -0.829. The van der Waals surface area contributed by atoms with Crippen molar-refractivity contribution in [2.75, 3.05) is 20.2 Å². The first kappa shape index (κ1) is 16.9. The number of carbonyl (C=O) groups excluding carboxylic acids is 1. The average molecular weight is 323 g/mol. The van der Waals surface area contributed by atoms with Crippen LogP contribution in [0.4, 0.5) is 8.78 Å². The molecule has 0 spiro atoms. The molecule has 7 heteroatoms. The Balaban J connectivity index is 1.85. The van der Waals surface area contributed by atoms with Crippen molar-refractivity contribution in [3.63, 3.8) is 0 Å². The van der Waals surface area contributed by atoms with Gasteiger partial charge in [-0.05, 0) is 38.0 Å². The zero-order chi connectivity index (χ0) is 17.0. The number of aryl methyl sites for hydroxylation is 2. The Labute approximate surface area is 133 Å². The lowest BCUT2D eigenvalue weighted by molar-refractivity contribution is -0.132. The maximum atomic E-state index is 13.4. The number of H-pyrrole nitrogens is 1. The number of carbonyl (C=O) groups is 1. The van der Waals surface area contributed by atoms with Crippen molar-refractivity contribution in [1.29, 1.82) is 0 Å². The highest BCUT2D eigenvalue weighted by Crippen LogP contribution is 2.17. The molecule has 0 saturated heterocycles. The van der Waals surface area contributed by atoms with Crippen molar-refractivity contribution in [3.05, 3.63) is 46.8 Å². The zero-order valence-electron chi connectivity index (χ0n) is 13.3. The summed E-state index contributed by atoms with van der Waals surface area (Å²) in [6.07, 6.45) is 0.668. The van der Waals surface area contributed by atoms with Crippen LogP contribution < -0.4 is 4.74 Å². The summed E-state index contributed by atoms with van der Waals surface area (Å²) in [5.74, 6) is -1.95. The van der Waals surface area contributed by atoms with Crippen LogP contribution in [0.2, 0.25) is 0 Å². The van der Waals surface area contributed by atoms with Crippen LogP contribution in [0.15, 0.2) is 18.2 Å². The molecule has 5 nitrogen and oxygen atoms in total. The molecule has 23 heavy (non-hydrogen) atoms. The molecule has 0 aliphatic heterocycles. The third kappa shape index (κ3) is 4.28. The minimum Gasteiger partial charge on any atom is -0.481 e. The van der Waals surface area contributed by atoms with Gasteiger partial charge in [-0.2, -0.15) is 5.10 Å². The van der Waals surface area contributed by atoms with E-state index in [0.717, 1.165) is 29.1 Å². The van der Waals surface area contributed by atoms with Gasteiger partial charge in [-0.25, -0.2) is 8.78 Å². The first-order chi connectivity index (χ1) is 10.9. The van der Waals surface area contributed by atoms with Crippen molar-refractivity contribution in [2.45, 2.75) is 20.3 Å². The average Bonchev–Trinajstić information content (AvgIpc) is 2.82. The Hall–Kier alpha value is -2.44. The fraction of sp³-hybridized carbons (Fsp3) is 0.375. The number of nitrogens with one attached hydrogen (secondary N) is 1. The molecule has 0 saturated carbocycles. The molecule has 0 aliphatic rings. The number of ether oxygens (including phenoxy) is 1. The van der Waals surface area contributed by atoms with Crippen LogP contribution in [0.1, 0.15) is 17.0 Å². The lowest BCUT2D eigenvalue weighted by atomic mass is 10.1. The quantitative estimate of drug-likeness (QED) is 0.888. The molecule has 2 rings (SSSR count). The van der Waals surface area contributed by atoms with Crippen molar-refractivity contribution < 1.29 is 18.3 Å². The fourth-order valence-electron chi connectivity index (χ4n) is 2.19.